The molecule has 1 saturated heterocycles. The number of aromatic nitrogens is 3. The summed E-state index contributed by atoms with van der Waals surface area (Å²) >= 11 is 0. The smallest absolute Gasteiger partial charge is 0.266 e. The molecule has 1 unspecified atom stereocenters. The Labute approximate surface area is 157 Å². The van der Waals surface area contributed by atoms with E-state index >= 15 is 0 Å². The first-order chi connectivity index (χ1) is 13.2. The molecule has 1 atom stereocenters. The molecule has 138 valence electrons. The van der Waals surface area contributed by atoms with Crippen LogP contribution in [-0.2, 0) is 4.79 Å². The minimum absolute atomic E-state index is 0.0235. The zero-order valence-corrected chi connectivity index (χ0v) is 15.1. The Balaban J connectivity index is 1.44. The van der Waals surface area contributed by atoms with E-state index in [0.717, 1.165) is 30.6 Å². The molecule has 1 fully saturated rings. The van der Waals surface area contributed by atoms with Crippen molar-refractivity contribution in [2.24, 2.45) is 5.92 Å². The van der Waals surface area contributed by atoms with Crippen LogP contribution in [0, 0.1) is 12.8 Å². The summed E-state index contributed by atoms with van der Waals surface area (Å²) in [5, 5.41) is 7.02. The maximum Gasteiger partial charge on any atom is 0.266 e. The average molecular weight is 363 g/mol. The number of benzene rings is 1. The summed E-state index contributed by atoms with van der Waals surface area (Å²) in [7, 11) is 0. The van der Waals surface area contributed by atoms with Gasteiger partial charge in [0.05, 0.1) is 5.92 Å². The van der Waals surface area contributed by atoms with Gasteiger partial charge >= 0.3 is 0 Å². The molecule has 0 spiro atoms. The van der Waals surface area contributed by atoms with Gasteiger partial charge < -0.3 is 14.7 Å². The summed E-state index contributed by atoms with van der Waals surface area (Å²) in [6, 6.07) is 15.2. The first kappa shape index (κ1) is 17.2. The van der Waals surface area contributed by atoms with E-state index in [1.165, 1.54) is 0 Å². The monoisotopic (exact) mass is 363 g/mol. The largest absolute Gasteiger partial charge is 0.337 e. The third-order valence-corrected chi connectivity index (χ3v) is 4.65. The Morgan fingerprint density at radius 2 is 2.00 bits per heavy atom. The van der Waals surface area contributed by atoms with E-state index in [0.29, 0.717) is 24.2 Å². The van der Waals surface area contributed by atoms with Gasteiger partial charge in [-0.2, -0.15) is 4.98 Å². The van der Waals surface area contributed by atoms with Crippen LogP contribution in [0.3, 0.4) is 0 Å². The van der Waals surface area contributed by atoms with Crippen LogP contribution >= 0.6 is 0 Å². The number of nitrogens with one attached hydrogen (secondary N) is 1. The quantitative estimate of drug-likeness (QED) is 0.766. The van der Waals surface area contributed by atoms with E-state index in [2.05, 4.69) is 20.4 Å². The van der Waals surface area contributed by atoms with Crippen LogP contribution in [-0.4, -0.2) is 34.1 Å². The molecule has 3 aromatic rings. The fraction of sp³-hybridized carbons (Fsp3) is 0.300. The van der Waals surface area contributed by atoms with Crippen molar-refractivity contribution in [3.05, 3.63) is 54.2 Å². The standard InChI is InChI=1S/C20H21N5O2/c1-14-7-5-11-17(21-14)22-18(26)16-10-6-12-25(13-16)20-23-19(27-24-20)15-8-3-2-4-9-15/h2-5,7-9,11,16H,6,10,12-13H2,1H3,(H,21,22,26). The number of hydrogen-bond donors (Lipinski definition) is 1. The van der Waals surface area contributed by atoms with Crippen LogP contribution in [0.5, 0.6) is 0 Å². The molecule has 3 heterocycles. The molecule has 2 aromatic heterocycles. The number of carbonyl (C=O) groups excluding carboxylic acids is 1. The number of amides is 1. The average Bonchev–Trinajstić information content (AvgIpc) is 3.19. The van der Waals surface area contributed by atoms with Crippen LogP contribution in [0.4, 0.5) is 11.8 Å². The summed E-state index contributed by atoms with van der Waals surface area (Å²) in [4.78, 5) is 23.5. The Bertz CT molecular complexity index is 925. The number of piperidine rings is 1. The molecule has 0 radical (unpaired) electrons. The van der Waals surface area contributed by atoms with Gasteiger partial charge in [0.15, 0.2) is 0 Å². The second-order valence-corrected chi connectivity index (χ2v) is 6.70. The summed E-state index contributed by atoms with van der Waals surface area (Å²) in [5.41, 5.74) is 1.76. The molecule has 1 aliphatic heterocycles. The number of carbonyl (C=O) groups is 1. The first-order valence-electron chi connectivity index (χ1n) is 9.07. The zero-order valence-electron chi connectivity index (χ0n) is 15.1. The summed E-state index contributed by atoms with van der Waals surface area (Å²) in [6.45, 7) is 3.27. The Morgan fingerprint density at radius 3 is 2.81 bits per heavy atom. The lowest BCUT2D eigenvalue weighted by Gasteiger charge is -2.30. The second kappa shape index (κ2) is 7.57. The fourth-order valence-corrected chi connectivity index (χ4v) is 3.26. The molecule has 0 saturated carbocycles. The Morgan fingerprint density at radius 1 is 1.15 bits per heavy atom. The lowest BCUT2D eigenvalue weighted by molar-refractivity contribution is -0.120. The van der Waals surface area contributed by atoms with Crippen molar-refractivity contribution < 1.29 is 9.32 Å². The zero-order chi connectivity index (χ0) is 18.6. The third-order valence-electron chi connectivity index (χ3n) is 4.65. The highest BCUT2D eigenvalue weighted by atomic mass is 16.5. The van der Waals surface area contributed by atoms with E-state index in [-0.39, 0.29) is 11.8 Å². The van der Waals surface area contributed by atoms with Gasteiger partial charge in [0.25, 0.3) is 11.8 Å². The Hall–Kier alpha value is -3.22. The number of pyridine rings is 1. The van der Waals surface area contributed by atoms with Crippen molar-refractivity contribution in [3.63, 3.8) is 0 Å². The highest BCUT2D eigenvalue weighted by Gasteiger charge is 2.28. The van der Waals surface area contributed by atoms with Crippen molar-refractivity contribution >= 4 is 17.7 Å². The SMILES string of the molecule is Cc1cccc(NC(=O)C2CCCN(c3noc(-c4ccccc4)n3)C2)n1. The van der Waals surface area contributed by atoms with E-state index in [1.807, 2.05) is 54.3 Å². The molecule has 1 aliphatic rings. The third kappa shape index (κ3) is 3.97. The van der Waals surface area contributed by atoms with Crippen LogP contribution in [0.1, 0.15) is 18.5 Å². The van der Waals surface area contributed by atoms with E-state index in [1.54, 1.807) is 6.07 Å². The highest BCUT2D eigenvalue weighted by molar-refractivity contribution is 5.92. The lowest BCUT2D eigenvalue weighted by Crippen LogP contribution is -2.41. The summed E-state index contributed by atoms with van der Waals surface area (Å²) < 4.78 is 5.40. The van der Waals surface area contributed by atoms with Crippen molar-refractivity contribution in [2.75, 3.05) is 23.3 Å². The van der Waals surface area contributed by atoms with Crippen LogP contribution < -0.4 is 10.2 Å². The molecule has 1 amide bonds. The number of aryl methyl sites for hydroxylation is 1. The fourth-order valence-electron chi connectivity index (χ4n) is 3.26. The molecule has 1 aromatic carbocycles. The summed E-state index contributed by atoms with van der Waals surface area (Å²) in [5.74, 6) is 1.44. The Kier molecular flexibility index (Phi) is 4.82. The maximum absolute atomic E-state index is 12.6. The van der Waals surface area contributed by atoms with Crippen LogP contribution in [0.15, 0.2) is 53.1 Å². The van der Waals surface area contributed by atoms with Gasteiger partial charge in [0.1, 0.15) is 5.82 Å². The predicted molar refractivity (Wildman–Crippen MR) is 102 cm³/mol. The topological polar surface area (TPSA) is 84.2 Å². The van der Waals surface area contributed by atoms with E-state index in [4.69, 9.17) is 4.52 Å². The predicted octanol–water partition coefficient (Wildman–Crippen LogP) is 3.30. The first-order valence-corrected chi connectivity index (χ1v) is 9.07. The van der Waals surface area contributed by atoms with Gasteiger partial charge in [-0.05, 0) is 49.2 Å². The van der Waals surface area contributed by atoms with Crippen molar-refractivity contribution in [1.82, 2.24) is 15.1 Å². The number of nitrogens with zero attached hydrogens (tertiary/aromatic N) is 4. The minimum atomic E-state index is -0.139. The number of anilines is 2. The van der Waals surface area contributed by atoms with Gasteiger partial charge in [-0.3, -0.25) is 4.79 Å². The van der Waals surface area contributed by atoms with Crippen LogP contribution in [0.2, 0.25) is 0 Å². The van der Waals surface area contributed by atoms with Gasteiger partial charge in [-0.15, -0.1) is 0 Å². The van der Waals surface area contributed by atoms with E-state index < -0.39 is 0 Å². The lowest BCUT2D eigenvalue weighted by atomic mass is 9.97. The molecule has 7 nitrogen and oxygen atoms in total. The molecule has 7 heteroatoms. The van der Waals surface area contributed by atoms with Gasteiger partial charge in [0, 0.05) is 24.3 Å². The minimum Gasteiger partial charge on any atom is -0.337 e. The van der Waals surface area contributed by atoms with Crippen molar-refractivity contribution in [3.8, 4) is 11.5 Å². The van der Waals surface area contributed by atoms with Crippen LogP contribution in [0.25, 0.3) is 11.5 Å². The van der Waals surface area contributed by atoms with Crippen molar-refractivity contribution in [1.29, 1.82) is 0 Å². The number of rotatable bonds is 4. The molecular weight excluding hydrogens is 342 g/mol. The molecule has 0 bridgehead atoms. The van der Waals surface area contributed by atoms with Gasteiger partial charge in [-0.25, -0.2) is 4.98 Å². The molecular formula is C20H21N5O2. The van der Waals surface area contributed by atoms with Crippen molar-refractivity contribution in [2.45, 2.75) is 19.8 Å². The maximum atomic E-state index is 12.6. The molecule has 1 N–H and O–H groups in total. The second-order valence-electron chi connectivity index (χ2n) is 6.70. The highest BCUT2D eigenvalue weighted by Crippen LogP contribution is 2.25. The summed E-state index contributed by atoms with van der Waals surface area (Å²) in [6.07, 6.45) is 1.73. The van der Waals surface area contributed by atoms with E-state index in [9.17, 15) is 4.79 Å². The normalized spacial score (nSPS) is 16.9. The van der Waals surface area contributed by atoms with Gasteiger partial charge in [0.2, 0.25) is 5.91 Å². The number of hydrogen-bond acceptors (Lipinski definition) is 6. The molecule has 27 heavy (non-hydrogen) atoms. The molecule has 4 rings (SSSR count). The van der Waals surface area contributed by atoms with Gasteiger partial charge in [-0.1, -0.05) is 24.3 Å². The molecule has 0 aliphatic carbocycles.